The van der Waals surface area contributed by atoms with Crippen LogP contribution in [0.3, 0.4) is 0 Å². The second-order valence-corrected chi connectivity index (χ2v) is 5.68. The first-order valence-electron chi connectivity index (χ1n) is 7.01. The highest BCUT2D eigenvalue weighted by atomic mass is 32.1. The van der Waals surface area contributed by atoms with Gasteiger partial charge in [0.15, 0.2) is 0 Å². The molecule has 0 aliphatic heterocycles. The van der Waals surface area contributed by atoms with Crippen molar-refractivity contribution in [2.24, 2.45) is 0 Å². The summed E-state index contributed by atoms with van der Waals surface area (Å²) < 4.78 is 5.10. The minimum Gasteiger partial charge on any atom is -0.350 e. The van der Waals surface area contributed by atoms with Crippen molar-refractivity contribution in [1.29, 1.82) is 0 Å². The molecular formula is C16H15N3O2S. The van der Waals surface area contributed by atoms with Crippen molar-refractivity contribution in [3.8, 4) is 10.6 Å². The highest BCUT2D eigenvalue weighted by Gasteiger charge is 2.13. The molecule has 6 heteroatoms. The van der Waals surface area contributed by atoms with E-state index in [0.717, 1.165) is 23.4 Å². The summed E-state index contributed by atoms with van der Waals surface area (Å²) in [6.45, 7) is 0.574. The average molecular weight is 313 g/mol. The number of carbonyl (C=O) groups is 1. The van der Waals surface area contributed by atoms with Crippen LogP contribution in [0.1, 0.15) is 22.7 Å². The van der Waals surface area contributed by atoms with Crippen molar-refractivity contribution in [3.05, 3.63) is 59.4 Å². The Hall–Kier alpha value is -2.47. The number of aromatic nitrogens is 2. The molecule has 3 heterocycles. The molecule has 0 fully saturated rings. The fraction of sp³-hybridized carbons (Fsp3) is 0.188. The van der Waals surface area contributed by atoms with Gasteiger partial charge in [-0.15, -0.1) is 11.3 Å². The number of amides is 1. The Labute approximate surface area is 132 Å². The first-order chi connectivity index (χ1) is 10.8. The molecule has 3 rings (SSSR count). The Morgan fingerprint density at radius 3 is 3.00 bits per heavy atom. The van der Waals surface area contributed by atoms with Crippen molar-refractivity contribution in [2.45, 2.75) is 12.8 Å². The largest absolute Gasteiger partial charge is 0.350 e. The van der Waals surface area contributed by atoms with Gasteiger partial charge in [0.05, 0.1) is 4.88 Å². The smallest absolute Gasteiger partial charge is 0.289 e. The first-order valence-corrected chi connectivity index (χ1v) is 7.89. The van der Waals surface area contributed by atoms with Crippen LogP contribution >= 0.6 is 11.3 Å². The SMILES string of the molecule is O=C(NCCCc1ccccn1)c1cc(-c2cccs2)no1. The lowest BCUT2D eigenvalue weighted by Gasteiger charge is -2.02. The Morgan fingerprint density at radius 1 is 1.27 bits per heavy atom. The normalized spacial score (nSPS) is 10.5. The molecule has 3 aromatic rings. The number of hydrogen-bond acceptors (Lipinski definition) is 5. The summed E-state index contributed by atoms with van der Waals surface area (Å²) in [7, 11) is 0. The van der Waals surface area contributed by atoms with E-state index < -0.39 is 0 Å². The van der Waals surface area contributed by atoms with E-state index in [0.29, 0.717) is 12.2 Å². The zero-order valence-electron chi connectivity index (χ0n) is 11.9. The van der Waals surface area contributed by atoms with Crippen LogP contribution in [0.4, 0.5) is 0 Å². The summed E-state index contributed by atoms with van der Waals surface area (Å²) in [5.41, 5.74) is 1.71. The van der Waals surface area contributed by atoms with Crippen LogP contribution in [0.25, 0.3) is 10.6 Å². The van der Waals surface area contributed by atoms with E-state index in [1.165, 1.54) is 0 Å². The third kappa shape index (κ3) is 3.59. The second kappa shape index (κ2) is 7.00. The van der Waals surface area contributed by atoms with Gasteiger partial charge in [-0.2, -0.15) is 0 Å². The molecule has 0 bridgehead atoms. The van der Waals surface area contributed by atoms with Crippen molar-refractivity contribution in [2.75, 3.05) is 6.54 Å². The highest BCUT2D eigenvalue weighted by molar-refractivity contribution is 7.13. The number of rotatable bonds is 6. The maximum Gasteiger partial charge on any atom is 0.289 e. The molecule has 1 N–H and O–H groups in total. The van der Waals surface area contributed by atoms with E-state index >= 15 is 0 Å². The minimum absolute atomic E-state index is 0.237. The van der Waals surface area contributed by atoms with Gasteiger partial charge in [0.1, 0.15) is 5.69 Å². The van der Waals surface area contributed by atoms with Crippen molar-refractivity contribution in [1.82, 2.24) is 15.5 Å². The van der Waals surface area contributed by atoms with E-state index in [9.17, 15) is 4.79 Å². The van der Waals surface area contributed by atoms with Crippen LogP contribution in [0.15, 0.2) is 52.5 Å². The summed E-state index contributed by atoms with van der Waals surface area (Å²) in [5, 5.41) is 8.71. The van der Waals surface area contributed by atoms with Crippen LogP contribution in [-0.2, 0) is 6.42 Å². The Kier molecular flexibility index (Phi) is 4.60. The number of carbonyl (C=O) groups excluding carboxylic acids is 1. The van der Waals surface area contributed by atoms with E-state index in [4.69, 9.17) is 4.52 Å². The van der Waals surface area contributed by atoms with Crippen LogP contribution in [-0.4, -0.2) is 22.6 Å². The Morgan fingerprint density at radius 2 is 2.23 bits per heavy atom. The summed E-state index contributed by atoms with van der Waals surface area (Å²) in [5.74, 6) is -0.00226. The molecule has 0 saturated heterocycles. The van der Waals surface area contributed by atoms with Crippen LogP contribution < -0.4 is 5.32 Å². The van der Waals surface area contributed by atoms with Crippen LogP contribution in [0, 0.1) is 0 Å². The highest BCUT2D eigenvalue weighted by Crippen LogP contribution is 2.23. The third-order valence-electron chi connectivity index (χ3n) is 3.13. The number of pyridine rings is 1. The predicted octanol–water partition coefficient (Wildman–Crippen LogP) is 3.16. The quantitative estimate of drug-likeness (QED) is 0.710. The average Bonchev–Trinajstić information content (AvgIpc) is 3.22. The van der Waals surface area contributed by atoms with E-state index in [1.807, 2.05) is 35.7 Å². The minimum atomic E-state index is -0.240. The van der Waals surface area contributed by atoms with Gasteiger partial charge in [-0.05, 0) is 36.4 Å². The first kappa shape index (κ1) is 14.5. The number of thiophene rings is 1. The summed E-state index contributed by atoms with van der Waals surface area (Å²) in [4.78, 5) is 17.2. The molecule has 3 aromatic heterocycles. The van der Waals surface area contributed by atoms with E-state index in [-0.39, 0.29) is 11.7 Å². The number of nitrogens with one attached hydrogen (secondary N) is 1. The fourth-order valence-corrected chi connectivity index (χ4v) is 2.71. The lowest BCUT2D eigenvalue weighted by atomic mass is 10.2. The lowest BCUT2D eigenvalue weighted by molar-refractivity contribution is 0.0916. The van der Waals surface area contributed by atoms with Gasteiger partial charge in [-0.1, -0.05) is 17.3 Å². The number of hydrogen-bond donors (Lipinski definition) is 1. The summed E-state index contributed by atoms with van der Waals surface area (Å²) in [6, 6.07) is 11.4. The molecule has 0 aromatic carbocycles. The molecule has 0 saturated carbocycles. The molecule has 0 aliphatic carbocycles. The molecule has 22 heavy (non-hydrogen) atoms. The lowest BCUT2D eigenvalue weighted by Crippen LogP contribution is -2.24. The predicted molar refractivity (Wildman–Crippen MR) is 84.7 cm³/mol. The van der Waals surface area contributed by atoms with Gasteiger partial charge in [0.2, 0.25) is 5.76 Å². The molecule has 112 valence electrons. The third-order valence-corrected chi connectivity index (χ3v) is 4.02. The standard InChI is InChI=1S/C16H15N3O2S/c20-16(18-9-3-6-12-5-1-2-8-17-12)14-11-13(19-21-14)15-7-4-10-22-15/h1-2,4-5,7-8,10-11H,3,6,9H2,(H,18,20). The van der Waals surface area contributed by atoms with Gasteiger partial charge in [0.25, 0.3) is 5.91 Å². The maximum atomic E-state index is 12.0. The second-order valence-electron chi connectivity index (χ2n) is 4.73. The van der Waals surface area contributed by atoms with Gasteiger partial charge in [-0.3, -0.25) is 9.78 Å². The van der Waals surface area contributed by atoms with Gasteiger partial charge in [-0.25, -0.2) is 0 Å². The van der Waals surface area contributed by atoms with Crippen molar-refractivity contribution >= 4 is 17.2 Å². The summed E-state index contributed by atoms with van der Waals surface area (Å²) >= 11 is 1.56. The fourth-order valence-electron chi connectivity index (χ4n) is 2.03. The van der Waals surface area contributed by atoms with Crippen molar-refractivity contribution < 1.29 is 9.32 Å². The monoisotopic (exact) mass is 313 g/mol. The molecule has 5 nitrogen and oxygen atoms in total. The maximum absolute atomic E-state index is 12.0. The molecule has 0 unspecified atom stereocenters. The molecule has 0 radical (unpaired) electrons. The molecule has 0 aliphatic rings. The van der Waals surface area contributed by atoms with E-state index in [2.05, 4.69) is 15.5 Å². The Bertz CT molecular complexity index is 723. The molecule has 1 amide bonds. The van der Waals surface area contributed by atoms with Gasteiger partial charge < -0.3 is 9.84 Å². The Balaban J connectivity index is 1.48. The molecule has 0 atom stereocenters. The van der Waals surface area contributed by atoms with Crippen LogP contribution in [0.2, 0.25) is 0 Å². The van der Waals surface area contributed by atoms with E-state index in [1.54, 1.807) is 23.6 Å². The summed E-state index contributed by atoms with van der Waals surface area (Å²) in [6.07, 6.45) is 3.43. The number of aryl methyl sites for hydroxylation is 1. The van der Waals surface area contributed by atoms with Crippen LogP contribution in [0.5, 0.6) is 0 Å². The number of nitrogens with zero attached hydrogens (tertiary/aromatic N) is 2. The topological polar surface area (TPSA) is 68.0 Å². The molecular weight excluding hydrogens is 298 g/mol. The molecule has 0 spiro atoms. The zero-order valence-corrected chi connectivity index (χ0v) is 12.7. The van der Waals surface area contributed by atoms with Gasteiger partial charge in [0, 0.05) is 24.5 Å². The van der Waals surface area contributed by atoms with Gasteiger partial charge >= 0.3 is 0 Å². The zero-order chi connectivity index (χ0) is 15.2. The van der Waals surface area contributed by atoms with Crippen molar-refractivity contribution in [3.63, 3.8) is 0 Å².